The number of halogens is 3. The van der Waals surface area contributed by atoms with Crippen LogP contribution in [0, 0.1) is 11.3 Å². The lowest BCUT2D eigenvalue weighted by atomic mass is 10.1. The predicted octanol–water partition coefficient (Wildman–Crippen LogP) is 3.08. The molecule has 96 valence electrons. The Balaban J connectivity index is 2.67. The number of carbonyl (C=O) groups is 1. The monoisotopic (exact) mass is 304 g/mol. The quantitative estimate of drug-likeness (QED) is 0.869. The summed E-state index contributed by atoms with van der Waals surface area (Å²) in [6.07, 6.45) is 0.134. The van der Waals surface area contributed by atoms with Gasteiger partial charge in [-0.15, -0.1) is 23.2 Å². The van der Waals surface area contributed by atoms with Crippen LogP contribution >= 0.6 is 34.8 Å². The van der Waals surface area contributed by atoms with Crippen molar-refractivity contribution < 1.29 is 4.79 Å². The number of nitrogens with zero attached hydrogens (tertiary/aromatic N) is 1. The highest BCUT2D eigenvalue weighted by molar-refractivity contribution is 6.45. The zero-order valence-corrected chi connectivity index (χ0v) is 11.9. The Kier molecular flexibility index (Phi) is 5.28. The van der Waals surface area contributed by atoms with Crippen LogP contribution < -0.4 is 5.32 Å². The van der Waals surface area contributed by atoms with Crippen molar-refractivity contribution in [1.29, 1.82) is 5.26 Å². The molecule has 0 aromatic heterocycles. The number of hydrogen-bond acceptors (Lipinski definition) is 2. The fourth-order valence-corrected chi connectivity index (χ4v) is 1.59. The molecule has 0 saturated heterocycles. The first-order valence-electron chi connectivity index (χ1n) is 5.12. The van der Waals surface area contributed by atoms with Crippen molar-refractivity contribution in [2.24, 2.45) is 0 Å². The van der Waals surface area contributed by atoms with E-state index in [0.717, 1.165) is 5.56 Å². The zero-order valence-electron chi connectivity index (χ0n) is 9.58. The highest BCUT2D eigenvalue weighted by atomic mass is 35.5. The molecule has 0 spiro atoms. The summed E-state index contributed by atoms with van der Waals surface area (Å²) < 4.78 is 0. The molecule has 0 radical (unpaired) electrons. The van der Waals surface area contributed by atoms with Gasteiger partial charge in [0.25, 0.3) is 0 Å². The molecule has 0 heterocycles. The molecule has 1 aromatic carbocycles. The van der Waals surface area contributed by atoms with Gasteiger partial charge in [-0.2, -0.15) is 5.26 Å². The van der Waals surface area contributed by atoms with Crippen LogP contribution in [0.3, 0.4) is 0 Å². The van der Waals surface area contributed by atoms with Gasteiger partial charge < -0.3 is 5.32 Å². The van der Waals surface area contributed by atoms with Gasteiger partial charge in [-0.1, -0.05) is 23.7 Å². The molecule has 0 aliphatic heterocycles. The van der Waals surface area contributed by atoms with Gasteiger partial charge in [0.1, 0.15) is 4.84 Å². The number of nitrogens with one attached hydrogen (secondary N) is 1. The molecule has 1 unspecified atom stereocenters. The van der Waals surface area contributed by atoms with E-state index in [9.17, 15) is 4.79 Å². The maximum atomic E-state index is 11.8. The van der Waals surface area contributed by atoms with Crippen molar-refractivity contribution >= 4 is 40.7 Å². The maximum Gasteiger partial charge on any atom is 0.225 e. The Morgan fingerprint density at radius 2 is 2.00 bits per heavy atom. The minimum atomic E-state index is -1.30. The molecule has 0 aliphatic carbocycles. The Hall–Kier alpha value is -0.950. The smallest absolute Gasteiger partial charge is 0.225 e. The maximum absolute atomic E-state index is 11.8. The summed E-state index contributed by atoms with van der Waals surface area (Å²) >= 11 is 17.1. The Bertz CT molecular complexity index is 467. The average Bonchev–Trinajstić information content (AvgIpc) is 2.31. The van der Waals surface area contributed by atoms with Crippen molar-refractivity contribution in [2.45, 2.75) is 23.7 Å². The number of amides is 1. The highest BCUT2D eigenvalue weighted by Gasteiger charge is 2.33. The van der Waals surface area contributed by atoms with E-state index in [1.165, 1.54) is 6.92 Å². The van der Waals surface area contributed by atoms with E-state index in [1.807, 2.05) is 6.07 Å². The summed E-state index contributed by atoms with van der Waals surface area (Å²) in [6, 6.07) is 8.76. The van der Waals surface area contributed by atoms with Gasteiger partial charge in [0.2, 0.25) is 5.91 Å². The second kappa shape index (κ2) is 6.29. The fourth-order valence-electron chi connectivity index (χ4n) is 1.25. The lowest BCUT2D eigenvalue weighted by Gasteiger charge is -2.24. The highest BCUT2D eigenvalue weighted by Crippen LogP contribution is 2.19. The molecule has 1 amide bonds. The number of rotatable bonds is 4. The second-order valence-corrected chi connectivity index (χ2v) is 5.50. The summed E-state index contributed by atoms with van der Waals surface area (Å²) in [6.45, 7) is 1.47. The molecule has 3 nitrogen and oxygen atoms in total. The molecule has 0 aliphatic rings. The van der Waals surface area contributed by atoms with E-state index in [0.29, 0.717) is 5.02 Å². The van der Waals surface area contributed by atoms with Gasteiger partial charge in [0.05, 0.1) is 12.5 Å². The number of hydrogen-bond donors (Lipinski definition) is 1. The molecule has 0 bridgehead atoms. The van der Waals surface area contributed by atoms with Gasteiger partial charge in [-0.05, 0) is 24.6 Å². The third-order valence-electron chi connectivity index (χ3n) is 2.35. The number of benzene rings is 1. The van der Waals surface area contributed by atoms with Crippen LogP contribution in [-0.2, 0) is 11.2 Å². The Morgan fingerprint density at radius 3 is 2.44 bits per heavy atom. The topological polar surface area (TPSA) is 52.9 Å². The first-order valence-corrected chi connectivity index (χ1v) is 6.37. The second-order valence-electron chi connectivity index (χ2n) is 3.97. The molecule has 0 fully saturated rings. The van der Waals surface area contributed by atoms with Crippen molar-refractivity contribution in [3.63, 3.8) is 0 Å². The standard InChI is InChI=1S/C12H11Cl3N2O/c1-12(7-16,11(14)15)17-10(18)6-8-2-4-9(13)5-3-8/h2-5,11H,6H2,1H3,(H,17,18). The lowest BCUT2D eigenvalue weighted by Crippen LogP contribution is -2.50. The summed E-state index contributed by atoms with van der Waals surface area (Å²) in [7, 11) is 0. The SMILES string of the molecule is CC(C#N)(NC(=O)Cc1ccc(Cl)cc1)C(Cl)Cl. The van der Waals surface area contributed by atoms with Crippen LogP contribution in [-0.4, -0.2) is 16.3 Å². The van der Waals surface area contributed by atoms with E-state index in [1.54, 1.807) is 24.3 Å². The lowest BCUT2D eigenvalue weighted by molar-refractivity contribution is -0.121. The molecule has 1 rings (SSSR count). The molecule has 0 saturated carbocycles. The third-order valence-corrected chi connectivity index (χ3v) is 3.47. The predicted molar refractivity (Wildman–Crippen MR) is 72.8 cm³/mol. The Morgan fingerprint density at radius 1 is 1.44 bits per heavy atom. The summed E-state index contributed by atoms with van der Waals surface area (Å²) in [5.74, 6) is -0.326. The van der Waals surface area contributed by atoms with Gasteiger partial charge >= 0.3 is 0 Å². The van der Waals surface area contributed by atoms with Gasteiger partial charge in [-0.3, -0.25) is 4.79 Å². The minimum absolute atomic E-state index is 0.134. The zero-order chi connectivity index (χ0) is 13.8. The number of carbonyl (C=O) groups excluding carboxylic acids is 1. The summed E-state index contributed by atoms with van der Waals surface area (Å²) in [5, 5.41) is 12.1. The molecule has 1 atom stereocenters. The molecule has 1 aromatic rings. The van der Waals surface area contributed by atoms with Gasteiger partial charge in [0.15, 0.2) is 5.54 Å². The van der Waals surface area contributed by atoms with Crippen LogP contribution in [0.5, 0.6) is 0 Å². The van der Waals surface area contributed by atoms with Crippen molar-refractivity contribution in [1.82, 2.24) is 5.32 Å². The van der Waals surface area contributed by atoms with Crippen LogP contribution in [0.15, 0.2) is 24.3 Å². The van der Waals surface area contributed by atoms with Gasteiger partial charge in [0, 0.05) is 5.02 Å². The first kappa shape index (κ1) is 15.1. The molecule has 1 N–H and O–H groups in total. The Labute approximate surface area is 121 Å². The van der Waals surface area contributed by atoms with Gasteiger partial charge in [-0.25, -0.2) is 0 Å². The minimum Gasteiger partial charge on any atom is -0.336 e. The van der Waals surface area contributed by atoms with E-state index >= 15 is 0 Å². The first-order chi connectivity index (χ1) is 8.37. The molecule has 18 heavy (non-hydrogen) atoms. The van der Waals surface area contributed by atoms with Crippen LogP contribution in [0.1, 0.15) is 12.5 Å². The summed E-state index contributed by atoms with van der Waals surface area (Å²) in [5.41, 5.74) is -0.509. The largest absolute Gasteiger partial charge is 0.336 e. The van der Waals surface area contributed by atoms with E-state index in [2.05, 4.69) is 5.32 Å². The molecular weight excluding hydrogens is 295 g/mol. The average molecular weight is 306 g/mol. The fraction of sp³-hybridized carbons (Fsp3) is 0.333. The summed E-state index contributed by atoms with van der Waals surface area (Å²) in [4.78, 5) is 10.8. The normalized spacial score (nSPS) is 13.8. The molecular formula is C12H11Cl3N2O. The van der Waals surface area contributed by atoms with E-state index in [-0.39, 0.29) is 12.3 Å². The van der Waals surface area contributed by atoms with Crippen LogP contribution in [0.4, 0.5) is 0 Å². The van der Waals surface area contributed by atoms with E-state index in [4.69, 9.17) is 40.1 Å². The van der Waals surface area contributed by atoms with Crippen LogP contribution in [0.25, 0.3) is 0 Å². The van der Waals surface area contributed by atoms with Crippen molar-refractivity contribution in [3.8, 4) is 6.07 Å². The van der Waals surface area contributed by atoms with Crippen molar-refractivity contribution in [2.75, 3.05) is 0 Å². The van der Waals surface area contributed by atoms with Crippen LogP contribution in [0.2, 0.25) is 5.02 Å². The third kappa shape index (κ3) is 4.06. The number of nitriles is 1. The van der Waals surface area contributed by atoms with E-state index < -0.39 is 10.4 Å². The van der Waals surface area contributed by atoms with Crippen molar-refractivity contribution in [3.05, 3.63) is 34.9 Å². The molecule has 6 heteroatoms. The number of alkyl halides is 2.